The van der Waals surface area contributed by atoms with Crippen molar-refractivity contribution in [1.29, 1.82) is 0 Å². The normalized spacial score (nSPS) is 19.1. The van der Waals surface area contributed by atoms with E-state index in [2.05, 4.69) is 10.6 Å². The summed E-state index contributed by atoms with van der Waals surface area (Å²) in [4.78, 5) is 22.5. The van der Waals surface area contributed by atoms with Gasteiger partial charge in [0.1, 0.15) is 5.75 Å². The molecule has 0 spiro atoms. The Kier molecular flexibility index (Phi) is 6.15. The van der Waals surface area contributed by atoms with Gasteiger partial charge in [-0.05, 0) is 36.7 Å². The highest BCUT2D eigenvalue weighted by atomic mass is 19.2. The summed E-state index contributed by atoms with van der Waals surface area (Å²) in [6.07, 6.45) is 0.655. The lowest BCUT2D eigenvalue weighted by molar-refractivity contribution is -0.384. The second-order valence-electron chi connectivity index (χ2n) is 6.49. The van der Waals surface area contributed by atoms with E-state index in [9.17, 15) is 23.7 Å². The molecule has 1 aliphatic heterocycles. The van der Waals surface area contributed by atoms with Crippen molar-refractivity contribution in [3.63, 3.8) is 0 Å². The number of nitrogens with one attached hydrogen (secondary N) is 2. The predicted octanol–water partition coefficient (Wildman–Crippen LogP) is 2.51. The first-order valence-electron chi connectivity index (χ1n) is 8.76. The first-order chi connectivity index (χ1) is 13.4. The largest absolute Gasteiger partial charge is 0.484 e. The van der Waals surface area contributed by atoms with Crippen molar-refractivity contribution >= 4 is 11.6 Å². The van der Waals surface area contributed by atoms with Gasteiger partial charge in [0.05, 0.1) is 11.0 Å². The molecule has 148 valence electrons. The molecule has 2 aromatic rings. The first kappa shape index (κ1) is 19.7. The molecule has 3 rings (SSSR count). The van der Waals surface area contributed by atoms with Crippen LogP contribution in [0.15, 0.2) is 42.5 Å². The molecule has 1 amide bonds. The second-order valence-corrected chi connectivity index (χ2v) is 6.49. The molecule has 2 unspecified atom stereocenters. The van der Waals surface area contributed by atoms with Crippen LogP contribution in [0.25, 0.3) is 0 Å². The number of carbonyl (C=O) groups is 1. The van der Waals surface area contributed by atoms with E-state index in [4.69, 9.17) is 4.74 Å². The summed E-state index contributed by atoms with van der Waals surface area (Å²) in [5.74, 6) is -2.20. The van der Waals surface area contributed by atoms with E-state index in [-0.39, 0.29) is 30.0 Å². The number of piperidine rings is 1. The summed E-state index contributed by atoms with van der Waals surface area (Å²) in [5.41, 5.74) is 0.484. The van der Waals surface area contributed by atoms with Crippen LogP contribution in [-0.4, -0.2) is 36.6 Å². The standard InChI is InChI=1S/C19H19F2N3O4/c20-16-5-4-12(8-17(16)21)15-6-7-22-10-18(15)23-19(25)11-28-14-3-1-2-13(9-14)24(26)27/h1-5,8-9,15,18,22H,6-7,10-11H2,(H,23,25). The maximum absolute atomic E-state index is 13.6. The summed E-state index contributed by atoms with van der Waals surface area (Å²) in [5, 5.41) is 16.8. The van der Waals surface area contributed by atoms with Gasteiger partial charge in [0.2, 0.25) is 0 Å². The fourth-order valence-electron chi connectivity index (χ4n) is 3.24. The minimum absolute atomic E-state index is 0.132. The average Bonchev–Trinajstić information content (AvgIpc) is 2.69. The molecule has 1 aliphatic rings. The van der Waals surface area contributed by atoms with Crippen LogP contribution in [0.5, 0.6) is 5.75 Å². The molecular weight excluding hydrogens is 372 g/mol. The van der Waals surface area contributed by atoms with Crippen molar-refractivity contribution in [3.8, 4) is 5.75 Å². The Hall–Kier alpha value is -3.07. The third kappa shape index (κ3) is 4.80. The van der Waals surface area contributed by atoms with Gasteiger partial charge in [-0.15, -0.1) is 0 Å². The number of nitro groups is 1. The van der Waals surface area contributed by atoms with E-state index in [1.165, 1.54) is 30.3 Å². The number of amides is 1. The highest BCUT2D eigenvalue weighted by molar-refractivity contribution is 5.78. The van der Waals surface area contributed by atoms with Gasteiger partial charge in [-0.3, -0.25) is 14.9 Å². The maximum atomic E-state index is 13.6. The number of rotatable bonds is 6. The molecule has 28 heavy (non-hydrogen) atoms. The molecule has 0 aromatic heterocycles. The third-order valence-electron chi connectivity index (χ3n) is 4.60. The van der Waals surface area contributed by atoms with Gasteiger partial charge in [0.25, 0.3) is 11.6 Å². The molecule has 1 fully saturated rings. The molecule has 1 saturated heterocycles. The fourth-order valence-corrected chi connectivity index (χ4v) is 3.24. The van der Waals surface area contributed by atoms with Crippen molar-refractivity contribution in [2.45, 2.75) is 18.4 Å². The van der Waals surface area contributed by atoms with E-state index in [0.717, 1.165) is 12.1 Å². The lowest BCUT2D eigenvalue weighted by Gasteiger charge is -2.33. The summed E-state index contributed by atoms with van der Waals surface area (Å²) >= 11 is 0. The number of nitro benzene ring substituents is 1. The summed E-state index contributed by atoms with van der Waals surface area (Å²) in [6.45, 7) is 0.856. The summed E-state index contributed by atoms with van der Waals surface area (Å²) in [7, 11) is 0. The van der Waals surface area contributed by atoms with Gasteiger partial charge in [-0.25, -0.2) is 8.78 Å². The molecule has 1 heterocycles. The topological polar surface area (TPSA) is 93.5 Å². The quantitative estimate of drug-likeness (QED) is 0.583. The second kappa shape index (κ2) is 8.75. The van der Waals surface area contributed by atoms with Crippen molar-refractivity contribution < 1.29 is 23.2 Å². The van der Waals surface area contributed by atoms with Crippen LogP contribution in [0, 0.1) is 21.7 Å². The molecule has 0 radical (unpaired) electrons. The SMILES string of the molecule is O=C(COc1cccc([N+](=O)[O-])c1)NC1CNCCC1c1ccc(F)c(F)c1. The zero-order chi connectivity index (χ0) is 20.1. The summed E-state index contributed by atoms with van der Waals surface area (Å²) in [6, 6.07) is 8.99. The molecule has 9 heteroatoms. The van der Waals surface area contributed by atoms with Gasteiger partial charge in [0, 0.05) is 24.6 Å². The number of carbonyl (C=O) groups excluding carboxylic acids is 1. The Morgan fingerprint density at radius 2 is 2.07 bits per heavy atom. The monoisotopic (exact) mass is 391 g/mol. The number of nitrogens with zero attached hydrogens (tertiary/aromatic N) is 1. The first-order valence-corrected chi connectivity index (χ1v) is 8.76. The number of ether oxygens (including phenoxy) is 1. The summed E-state index contributed by atoms with van der Waals surface area (Å²) < 4.78 is 32.1. The van der Waals surface area contributed by atoms with Crippen molar-refractivity contribution in [2.75, 3.05) is 19.7 Å². The highest BCUT2D eigenvalue weighted by Gasteiger charge is 2.28. The minimum Gasteiger partial charge on any atom is -0.484 e. The molecule has 0 aliphatic carbocycles. The van der Waals surface area contributed by atoms with Crippen molar-refractivity contribution in [1.82, 2.24) is 10.6 Å². The van der Waals surface area contributed by atoms with Crippen LogP contribution in [0.1, 0.15) is 17.9 Å². The number of hydrogen-bond donors (Lipinski definition) is 2. The Labute approximate surface area is 159 Å². The molecule has 2 N–H and O–H groups in total. The zero-order valence-corrected chi connectivity index (χ0v) is 14.9. The van der Waals surface area contributed by atoms with Crippen LogP contribution in [0.3, 0.4) is 0 Å². The van der Waals surface area contributed by atoms with Gasteiger partial charge >= 0.3 is 0 Å². The van der Waals surface area contributed by atoms with Crippen molar-refractivity contribution in [3.05, 3.63) is 69.8 Å². The van der Waals surface area contributed by atoms with E-state index >= 15 is 0 Å². The number of benzene rings is 2. The van der Waals surface area contributed by atoms with Gasteiger partial charge in [-0.2, -0.15) is 0 Å². The molecule has 7 nitrogen and oxygen atoms in total. The number of halogens is 2. The zero-order valence-electron chi connectivity index (χ0n) is 14.9. The number of non-ortho nitro benzene ring substituents is 1. The van der Waals surface area contributed by atoms with E-state index in [0.29, 0.717) is 25.1 Å². The molecule has 2 aromatic carbocycles. The maximum Gasteiger partial charge on any atom is 0.273 e. The van der Waals surface area contributed by atoms with Gasteiger partial charge in [0.15, 0.2) is 18.2 Å². The minimum atomic E-state index is -0.921. The Morgan fingerprint density at radius 3 is 2.82 bits per heavy atom. The van der Waals surface area contributed by atoms with Crippen LogP contribution < -0.4 is 15.4 Å². The fraction of sp³-hybridized carbons (Fsp3) is 0.316. The Balaban J connectivity index is 1.62. The lowest BCUT2D eigenvalue weighted by atomic mass is 9.86. The molecule has 2 atom stereocenters. The van der Waals surface area contributed by atoms with Crippen molar-refractivity contribution in [2.24, 2.45) is 0 Å². The molecule has 0 saturated carbocycles. The predicted molar refractivity (Wildman–Crippen MR) is 97.1 cm³/mol. The highest BCUT2D eigenvalue weighted by Crippen LogP contribution is 2.27. The molecular formula is C19H19F2N3O4. The smallest absolute Gasteiger partial charge is 0.273 e. The van der Waals surface area contributed by atoms with Crippen LogP contribution >= 0.6 is 0 Å². The van der Waals surface area contributed by atoms with E-state index in [1.807, 2.05) is 0 Å². The molecule has 0 bridgehead atoms. The van der Waals surface area contributed by atoms with Gasteiger partial charge in [-0.1, -0.05) is 12.1 Å². The Morgan fingerprint density at radius 1 is 1.25 bits per heavy atom. The average molecular weight is 391 g/mol. The third-order valence-corrected chi connectivity index (χ3v) is 4.60. The van der Waals surface area contributed by atoms with Crippen LogP contribution in [-0.2, 0) is 4.79 Å². The van der Waals surface area contributed by atoms with Gasteiger partial charge < -0.3 is 15.4 Å². The number of hydrogen-bond acceptors (Lipinski definition) is 5. The Bertz CT molecular complexity index is 878. The van der Waals surface area contributed by atoms with E-state index in [1.54, 1.807) is 0 Å². The lowest BCUT2D eigenvalue weighted by Crippen LogP contribution is -2.51. The van der Waals surface area contributed by atoms with E-state index < -0.39 is 22.5 Å². The van der Waals surface area contributed by atoms with Crippen LogP contribution in [0.4, 0.5) is 14.5 Å². The van der Waals surface area contributed by atoms with Crippen LogP contribution in [0.2, 0.25) is 0 Å².